The van der Waals surface area contributed by atoms with Gasteiger partial charge in [0.1, 0.15) is 5.82 Å². The number of rotatable bonds is 6. The third kappa shape index (κ3) is 3.87. The summed E-state index contributed by atoms with van der Waals surface area (Å²) in [6, 6.07) is 13.5. The Morgan fingerprint density at radius 1 is 1.25 bits per heavy atom. The number of para-hydroxylation sites is 1. The lowest BCUT2D eigenvalue weighted by atomic mass is 10.1. The first-order valence-electron chi connectivity index (χ1n) is 6.52. The zero-order chi connectivity index (χ0) is 14.4. The minimum absolute atomic E-state index is 0.154. The van der Waals surface area contributed by atoms with E-state index >= 15 is 0 Å². The average molecular weight is 287 g/mol. The molecule has 0 radical (unpaired) electrons. The van der Waals surface area contributed by atoms with Gasteiger partial charge in [-0.05, 0) is 36.2 Å². The Bertz CT molecular complexity index is 595. The lowest BCUT2D eigenvalue weighted by Gasteiger charge is -2.11. The monoisotopic (exact) mass is 287 g/mol. The van der Waals surface area contributed by atoms with Gasteiger partial charge in [-0.2, -0.15) is 0 Å². The van der Waals surface area contributed by atoms with E-state index in [1.165, 1.54) is 4.90 Å². The summed E-state index contributed by atoms with van der Waals surface area (Å²) in [4.78, 5) is 1.18. The molecule has 0 amide bonds. The maximum Gasteiger partial charge on any atom is 0.126 e. The number of thioether (sulfide) groups is 1. The molecular formula is C17H18FNS. The third-order valence-electron chi connectivity index (χ3n) is 2.96. The Balaban J connectivity index is 2.06. The van der Waals surface area contributed by atoms with Crippen LogP contribution in [0.5, 0.6) is 0 Å². The van der Waals surface area contributed by atoms with Gasteiger partial charge in [0.15, 0.2) is 0 Å². The van der Waals surface area contributed by atoms with Crippen molar-refractivity contribution in [2.24, 2.45) is 0 Å². The number of aryl methyl sites for hydroxylation is 1. The first-order chi connectivity index (χ1) is 9.70. The summed E-state index contributed by atoms with van der Waals surface area (Å²) >= 11 is 1.73. The summed E-state index contributed by atoms with van der Waals surface area (Å²) in [5, 5.41) is 3.36. The molecule has 0 aliphatic heterocycles. The Morgan fingerprint density at radius 2 is 2.05 bits per heavy atom. The van der Waals surface area contributed by atoms with Gasteiger partial charge in [0, 0.05) is 22.9 Å². The van der Waals surface area contributed by atoms with Gasteiger partial charge < -0.3 is 5.32 Å². The summed E-state index contributed by atoms with van der Waals surface area (Å²) in [5.41, 5.74) is 2.69. The number of hydrogen-bond acceptors (Lipinski definition) is 2. The molecule has 0 saturated heterocycles. The molecule has 0 aliphatic carbocycles. The molecular weight excluding hydrogens is 269 g/mol. The van der Waals surface area contributed by atoms with Crippen LogP contribution in [0.2, 0.25) is 0 Å². The SMILES string of the molecule is C=CCSc1ccccc1NCc1ccc(C)c(F)c1. The van der Waals surface area contributed by atoms with E-state index in [1.807, 2.05) is 36.4 Å². The molecule has 2 aromatic rings. The van der Waals surface area contributed by atoms with Gasteiger partial charge in [0.05, 0.1) is 0 Å². The van der Waals surface area contributed by atoms with Crippen molar-refractivity contribution in [2.45, 2.75) is 18.4 Å². The first-order valence-corrected chi connectivity index (χ1v) is 7.51. The van der Waals surface area contributed by atoms with Crippen LogP contribution in [0.15, 0.2) is 60.0 Å². The molecule has 0 unspecified atom stereocenters. The molecule has 0 fully saturated rings. The van der Waals surface area contributed by atoms with Gasteiger partial charge in [-0.15, -0.1) is 18.3 Å². The molecule has 1 nitrogen and oxygen atoms in total. The molecule has 2 rings (SSSR count). The predicted octanol–water partition coefficient (Wildman–Crippen LogP) is 5.02. The van der Waals surface area contributed by atoms with Crippen molar-refractivity contribution in [1.82, 2.24) is 0 Å². The summed E-state index contributed by atoms with van der Waals surface area (Å²) in [5.74, 6) is 0.719. The Labute approximate surface area is 123 Å². The molecule has 0 bridgehead atoms. The molecule has 2 aromatic carbocycles. The zero-order valence-electron chi connectivity index (χ0n) is 11.5. The number of nitrogens with one attached hydrogen (secondary N) is 1. The van der Waals surface area contributed by atoms with E-state index in [4.69, 9.17) is 0 Å². The number of halogens is 1. The van der Waals surface area contributed by atoms with Crippen LogP contribution in [-0.2, 0) is 6.54 Å². The third-order valence-corrected chi connectivity index (χ3v) is 4.03. The smallest absolute Gasteiger partial charge is 0.126 e. The van der Waals surface area contributed by atoms with Gasteiger partial charge >= 0.3 is 0 Å². The van der Waals surface area contributed by atoms with E-state index in [9.17, 15) is 4.39 Å². The van der Waals surface area contributed by atoms with E-state index in [-0.39, 0.29) is 5.82 Å². The van der Waals surface area contributed by atoms with Crippen LogP contribution in [0.3, 0.4) is 0 Å². The Hall–Kier alpha value is -1.74. The highest BCUT2D eigenvalue weighted by Gasteiger charge is 2.03. The molecule has 0 atom stereocenters. The zero-order valence-corrected chi connectivity index (χ0v) is 12.3. The fraction of sp³-hybridized carbons (Fsp3) is 0.176. The molecule has 3 heteroatoms. The van der Waals surface area contributed by atoms with Gasteiger partial charge in [-0.25, -0.2) is 4.39 Å². The van der Waals surface area contributed by atoms with Crippen LogP contribution in [-0.4, -0.2) is 5.75 Å². The van der Waals surface area contributed by atoms with Crippen molar-refractivity contribution in [2.75, 3.05) is 11.1 Å². The predicted molar refractivity (Wildman–Crippen MR) is 85.8 cm³/mol. The maximum atomic E-state index is 13.5. The standard InChI is InChI=1S/C17H18FNS/c1-3-10-20-17-7-5-4-6-16(17)19-12-14-9-8-13(2)15(18)11-14/h3-9,11,19H,1,10,12H2,2H3. The minimum Gasteiger partial charge on any atom is -0.380 e. The molecule has 1 N–H and O–H groups in total. The van der Waals surface area contributed by atoms with Crippen LogP contribution in [0, 0.1) is 12.7 Å². The van der Waals surface area contributed by atoms with E-state index in [2.05, 4.69) is 18.0 Å². The fourth-order valence-electron chi connectivity index (χ4n) is 1.83. The van der Waals surface area contributed by atoms with E-state index in [0.29, 0.717) is 12.1 Å². The molecule has 20 heavy (non-hydrogen) atoms. The Kier molecular flexibility index (Phi) is 5.24. The highest BCUT2D eigenvalue weighted by Crippen LogP contribution is 2.27. The number of anilines is 1. The molecule has 0 saturated carbocycles. The second-order valence-electron chi connectivity index (χ2n) is 4.53. The van der Waals surface area contributed by atoms with Gasteiger partial charge in [-0.1, -0.05) is 30.3 Å². The molecule has 0 spiro atoms. The van der Waals surface area contributed by atoms with E-state index < -0.39 is 0 Å². The van der Waals surface area contributed by atoms with Crippen LogP contribution >= 0.6 is 11.8 Å². The van der Waals surface area contributed by atoms with E-state index in [0.717, 1.165) is 17.0 Å². The normalized spacial score (nSPS) is 10.3. The topological polar surface area (TPSA) is 12.0 Å². The summed E-state index contributed by atoms with van der Waals surface area (Å²) < 4.78 is 13.5. The van der Waals surface area contributed by atoms with Crippen molar-refractivity contribution in [3.05, 3.63) is 72.1 Å². The molecule has 0 heterocycles. The van der Waals surface area contributed by atoms with Crippen LogP contribution < -0.4 is 5.32 Å². The highest BCUT2D eigenvalue weighted by atomic mass is 32.2. The quantitative estimate of drug-likeness (QED) is 0.591. The second-order valence-corrected chi connectivity index (χ2v) is 5.59. The maximum absolute atomic E-state index is 13.5. The molecule has 0 aliphatic rings. The Morgan fingerprint density at radius 3 is 2.80 bits per heavy atom. The van der Waals surface area contributed by atoms with Crippen LogP contribution in [0.25, 0.3) is 0 Å². The highest BCUT2D eigenvalue weighted by molar-refractivity contribution is 7.99. The lowest BCUT2D eigenvalue weighted by molar-refractivity contribution is 0.616. The van der Waals surface area contributed by atoms with Crippen molar-refractivity contribution in [3.8, 4) is 0 Å². The van der Waals surface area contributed by atoms with Crippen molar-refractivity contribution in [1.29, 1.82) is 0 Å². The minimum atomic E-state index is -0.154. The van der Waals surface area contributed by atoms with E-state index in [1.54, 1.807) is 24.8 Å². The lowest BCUT2D eigenvalue weighted by Crippen LogP contribution is -2.01. The summed E-state index contributed by atoms with van der Waals surface area (Å²) in [6.07, 6.45) is 1.89. The first kappa shape index (κ1) is 14.7. The largest absolute Gasteiger partial charge is 0.380 e. The van der Waals surface area contributed by atoms with Crippen LogP contribution in [0.1, 0.15) is 11.1 Å². The van der Waals surface area contributed by atoms with Crippen molar-refractivity contribution in [3.63, 3.8) is 0 Å². The van der Waals surface area contributed by atoms with Gasteiger partial charge in [-0.3, -0.25) is 0 Å². The fourth-order valence-corrected chi connectivity index (χ4v) is 2.60. The summed E-state index contributed by atoms with van der Waals surface area (Å²) in [7, 11) is 0. The van der Waals surface area contributed by atoms with Crippen molar-refractivity contribution >= 4 is 17.4 Å². The average Bonchev–Trinajstić information content (AvgIpc) is 2.47. The summed E-state index contributed by atoms with van der Waals surface area (Å²) in [6.45, 7) is 6.12. The number of hydrogen-bond donors (Lipinski definition) is 1. The van der Waals surface area contributed by atoms with Gasteiger partial charge in [0.2, 0.25) is 0 Å². The number of benzene rings is 2. The van der Waals surface area contributed by atoms with Crippen LogP contribution in [0.4, 0.5) is 10.1 Å². The van der Waals surface area contributed by atoms with Gasteiger partial charge in [0.25, 0.3) is 0 Å². The molecule has 0 aromatic heterocycles. The second kappa shape index (κ2) is 7.15. The van der Waals surface area contributed by atoms with Crippen molar-refractivity contribution < 1.29 is 4.39 Å². The molecule has 104 valence electrons.